The number of piperidine rings is 1. The summed E-state index contributed by atoms with van der Waals surface area (Å²) in [4.78, 5) is 25.0. The summed E-state index contributed by atoms with van der Waals surface area (Å²) in [5, 5.41) is 9.66. The zero-order valence-electron chi connectivity index (χ0n) is 11.0. The lowest BCUT2D eigenvalue weighted by Gasteiger charge is -2.31. The van der Waals surface area contributed by atoms with E-state index in [0.29, 0.717) is 25.1 Å². The van der Waals surface area contributed by atoms with Gasteiger partial charge in [-0.3, -0.25) is 9.59 Å². The highest BCUT2D eigenvalue weighted by molar-refractivity contribution is 14.1. The van der Waals surface area contributed by atoms with E-state index < -0.39 is 0 Å². The van der Waals surface area contributed by atoms with Gasteiger partial charge in [0.15, 0.2) is 0 Å². The summed E-state index contributed by atoms with van der Waals surface area (Å²) in [6.07, 6.45) is 1.99. The van der Waals surface area contributed by atoms with Crippen molar-refractivity contribution in [1.82, 2.24) is 4.90 Å². The van der Waals surface area contributed by atoms with E-state index in [4.69, 9.17) is 5.73 Å². The van der Waals surface area contributed by atoms with E-state index in [0.717, 1.165) is 16.4 Å². The predicted molar refractivity (Wildman–Crippen MR) is 83.3 cm³/mol. The largest absolute Gasteiger partial charge is 0.507 e. The first-order valence-electron chi connectivity index (χ1n) is 6.53. The Kier molecular flexibility index (Phi) is 4.85. The molecule has 2 amide bonds. The molecule has 0 aliphatic carbocycles. The number of carbonyl (C=O) groups is 2. The van der Waals surface area contributed by atoms with Crippen molar-refractivity contribution in [2.24, 2.45) is 11.7 Å². The average molecular weight is 388 g/mol. The molecule has 1 aromatic rings. The first-order chi connectivity index (χ1) is 9.47. The minimum atomic E-state index is -0.280. The number of amides is 2. The topological polar surface area (TPSA) is 83.6 Å². The molecule has 3 N–H and O–H groups in total. The van der Waals surface area contributed by atoms with Gasteiger partial charge in [-0.25, -0.2) is 0 Å². The molecule has 0 saturated carbocycles. The third kappa shape index (κ3) is 3.62. The van der Waals surface area contributed by atoms with E-state index in [1.165, 1.54) is 6.07 Å². The summed E-state index contributed by atoms with van der Waals surface area (Å²) < 4.78 is 0.722. The second kappa shape index (κ2) is 6.43. The number of aromatic hydroxyl groups is 1. The van der Waals surface area contributed by atoms with Gasteiger partial charge in [0.05, 0.1) is 3.57 Å². The number of hydrogen-bond acceptors (Lipinski definition) is 3. The molecule has 5 nitrogen and oxygen atoms in total. The molecular weight excluding hydrogens is 371 g/mol. The quantitative estimate of drug-likeness (QED) is 0.774. The second-order valence-corrected chi connectivity index (χ2v) is 6.23. The van der Waals surface area contributed by atoms with Crippen LogP contribution in [0.1, 0.15) is 29.6 Å². The van der Waals surface area contributed by atoms with Crippen LogP contribution in [0.25, 0.3) is 0 Å². The van der Waals surface area contributed by atoms with Gasteiger partial charge in [0.25, 0.3) is 5.91 Å². The summed E-state index contributed by atoms with van der Waals surface area (Å²) >= 11 is 2.01. The van der Waals surface area contributed by atoms with Crippen LogP contribution in [0.3, 0.4) is 0 Å². The van der Waals surface area contributed by atoms with Gasteiger partial charge in [0.1, 0.15) is 5.75 Å². The van der Waals surface area contributed by atoms with E-state index in [1.807, 2.05) is 22.6 Å². The van der Waals surface area contributed by atoms with Crippen LogP contribution in [0.2, 0.25) is 0 Å². The minimum Gasteiger partial charge on any atom is -0.507 e. The van der Waals surface area contributed by atoms with Gasteiger partial charge in [0.2, 0.25) is 5.91 Å². The molecule has 108 valence electrons. The molecule has 0 radical (unpaired) electrons. The number of likely N-dealkylation sites (tertiary alicyclic amines) is 1. The Labute approximate surface area is 131 Å². The van der Waals surface area contributed by atoms with E-state index in [9.17, 15) is 14.7 Å². The lowest BCUT2D eigenvalue weighted by atomic mass is 9.93. The van der Waals surface area contributed by atoms with Crippen LogP contribution in [0.4, 0.5) is 0 Å². The summed E-state index contributed by atoms with van der Waals surface area (Å²) in [5.74, 6) is 0.0493. The van der Waals surface area contributed by atoms with Crippen LogP contribution in [-0.2, 0) is 4.79 Å². The highest BCUT2D eigenvalue weighted by Gasteiger charge is 2.24. The van der Waals surface area contributed by atoms with Crippen LogP contribution in [-0.4, -0.2) is 34.9 Å². The molecule has 0 atom stereocenters. The SMILES string of the molecule is NC(=O)CC1CCN(C(=O)c2ccc(I)c(O)c2)CC1. The highest BCUT2D eigenvalue weighted by Crippen LogP contribution is 2.24. The molecule has 20 heavy (non-hydrogen) atoms. The molecule has 1 aliphatic rings. The summed E-state index contributed by atoms with van der Waals surface area (Å²) in [7, 11) is 0. The summed E-state index contributed by atoms with van der Waals surface area (Å²) in [5.41, 5.74) is 5.69. The minimum absolute atomic E-state index is 0.0748. The predicted octanol–water partition coefficient (Wildman–Crippen LogP) is 1.72. The van der Waals surface area contributed by atoms with Gasteiger partial charge in [-0.2, -0.15) is 0 Å². The molecular formula is C14H17IN2O3. The first-order valence-corrected chi connectivity index (χ1v) is 7.61. The fourth-order valence-corrected chi connectivity index (χ4v) is 2.79. The molecule has 0 bridgehead atoms. The molecule has 0 unspecified atom stereocenters. The fraction of sp³-hybridized carbons (Fsp3) is 0.429. The third-order valence-corrected chi connectivity index (χ3v) is 4.50. The number of phenols is 1. The van der Waals surface area contributed by atoms with Crippen molar-refractivity contribution in [2.75, 3.05) is 13.1 Å². The van der Waals surface area contributed by atoms with Gasteiger partial charge in [-0.1, -0.05) is 0 Å². The Morgan fingerprint density at radius 2 is 2.00 bits per heavy atom. The number of nitrogens with zero attached hydrogens (tertiary/aromatic N) is 1. The number of carbonyl (C=O) groups excluding carboxylic acids is 2. The maximum atomic E-state index is 12.3. The smallest absolute Gasteiger partial charge is 0.253 e. The Morgan fingerprint density at radius 1 is 1.35 bits per heavy atom. The van der Waals surface area contributed by atoms with Crippen molar-refractivity contribution in [3.63, 3.8) is 0 Å². The molecule has 6 heteroatoms. The Bertz CT molecular complexity index is 525. The summed E-state index contributed by atoms with van der Waals surface area (Å²) in [6, 6.07) is 4.95. The Hall–Kier alpha value is -1.31. The average Bonchev–Trinajstić information content (AvgIpc) is 2.41. The molecule has 1 aromatic carbocycles. The summed E-state index contributed by atoms with van der Waals surface area (Å²) in [6.45, 7) is 1.26. The van der Waals surface area contributed by atoms with Crippen molar-refractivity contribution in [2.45, 2.75) is 19.3 Å². The highest BCUT2D eigenvalue weighted by atomic mass is 127. The molecule has 2 rings (SSSR count). The van der Waals surface area contributed by atoms with E-state index in [2.05, 4.69) is 0 Å². The monoisotopic (exact) mass is 388 g/mol. The Morgan fingerprint density at radius 3 is 2.55 bits per heavy atom. The molecule has 1 saturated heterocycles. The van der Waals surface area contributed by atoms with Crippen molar-refractivity contribution in [3.05, 3.63) is 27.3 Å². The Balaban J connectivity index is 1.97. The van der Waals surface area contributed by atoms with Crippen molar-refractivity contribution < 1.29 is 14.7 Å². The van der Waals surface area contributed by atoms with Crippen molar-refractivity contribution in [1.29, 1.82) is 0 Å². The van der Waals surface area contributed by atoms with E-state index in [1.54, 1.807) is 17.0 Å². The number of hydrogen-bond donors (Lipinski definition) is 2. The standard InChI is InChI=1S/C14H17IN2O3/c15-11-2-1-10(8-12(11)18)14(20)17-5-3-9(4-6-17)7-13(16)19/h1-2,8-9,18H,3-7H2,(H2,16,19). The van der Waals surface area contributed by atoms with E-state index in [-0.39, 0.29) is 23.5 Å². The lowest BCUT2D eigenvalue weighted by molar-refractivity contribution is -0.119. The van der Waals surface area contributed by atoms with Gasteiger partial charge in [-0.05, 0) is 59.5 Å². The lowest BCUT2D eigenvalue weighted by Crippen LogP contribution is -2.39. The molecule has 1 heterocycles. The van der Waals surface area contributed by atoms with Crippen LogP contribution in [0.5, 0.6) is 5.75 Å². The van der Waals surface area contributed by atoms with E-state index >= 15 is 0 Å². The van der Waals surface area contributed by atoms with Gasteiger partial charge < -0.3 is 15.7 Å². The third-order valence-electron chi connectivity index (χ3n) is 3.58. The van der Waals surface area contributed by atoms with Gasteiger partial charge >= 0.3 is 0 Å². The molecule has 0 spiro atoms. The van der Waals surface area contributed by atoms with Crippen LogP contribution in [0.15, 0.2) is 18.2 Å². The van der Waals surface area contributed by atoms with Crippen molar-refractivity contribution >= 4 is 34.4 Å². The zero-order valence-corrected chi connectivity index (χ0v) is 13.2. The molecule has 1 fully saturated rings. The fourth-order valence-electron chi connectivity index (χ4n) is 2.45. The van der Waals surface area contributed by atoms with Crippen LogP contribution >= 0.6 is 22.6 Å². The normalized spacial score (nSPS) is 16.1. The maximum absolute atomic E-state index is 12.3. The van der Waals surface area contributed by atoms with Crippen molar-refractivity contribution in [3.8, 4) is 5.75 Å². The number of benzene rings is 1. The van der Waals surface area contributed by atoms with Gasteiger partial charge in [0, 0.05) is 25.1 Å². The second-order valence-electron chi connectivity index (χ2n) is 5.07. The number of primary amides is 1. The van der Waals surface area contributed by atoms with Crippen LogP contribution < -0.4 is 5.73 Å². The number of phenolic OH excluding ortho intramolecular Hbond substituents is 1. The number of rotatable bonds is 3. The number of nitrogens with two attached hydrogens (primary N) is 1. The zero-order chi connectivity index (χ0) is 14.7. The first kappa shape index (κ1) is 15.1. The van der Waals surface area contributed by atoms with Crippen LogP contribution in [0, 0.1) is 9.49 Å². The number of halogens is 1. The molecule has 0 aromatic heterocycles. The maximum Gasteiger partial charge on any atom is 0.253 e. The van der Waals surface area contributed by atoms with Gasteiger partial charge in [-0.15, -0.1) is 0 Å². The molecule has 1 aliphatic heterocycles.